The largest absolute Gasteiger partial charge is 0.497 e. The molecule has 6 nitrogen and oxygen atoms in total. The number of methoxy groups -OCH3 is 2. The van der Waals surface area contributed by atoms with Gasteiger partial charge < -0.3 is 14.5 Å². The normalized spacial score (nSPS) is 10.9. The van der Waals surface area contributed by atoms with Crippen LogP contribution in [0.5, 0.6) is 11.5 Å². The Bertz CT molecular complexity index is 1360. The number of hydrogen-bond donors (Lipinski definition) is 1. The zero-order valence-electron chi connectivity index (χ0n) is 17.9. The van der Waals surface area contributed by atoms with Crippen molar-refractivity contribution >= 4 is 10.9 Å². The maximum atomic E-state index is 5.31. The summed E-state index contributed by atoms with van der Waals surface area (Å²) in [5.41, 5.74) is 5.62. The number of nitrogens with zero attached hydrogens (tertiary/aromatic N) is 3. The molecule has 1 N–H and O–H groups in total. The molecule has 0 radical (unpaired) electrons. The Morgan fingerprint density at radius 3 is 2.00 bits per heavy atom. The number of para-hydroxylation sites is 1. The highest BCUT2D eigenvalue weighted by Crippen LogP contribution is 2.31. The summed E-state index contributed by atoms with van der Waals surface area (Å²) in [6.07, 6.45) is 2.60. The highest BCUT2D eigenvalue weighted by atomic mass is 16.5. The molecule has 2 aromatic heterocycles. The van der Waals surface area contributed by atoms with E-state index in [2.05, 4.69) is 27.3 Å². The first kappa shape index (κ1) is 19.8. The lowest BCUT2D eigenvalue weighted by Crippen LogP contribution is -2.04. The molecule has 0 atom stereocenters. The van der Waals surface area contributed by atoms with Gasteiger partial charge in [-0.05, 0) is 60.2 Å². The Labute approximate surface area is 185 Å². The summed E-state index contributed by atoms with van der Waals surface area (Å²) in [5, 5.41) is 10.2. The lowest BCUT2D eigenvalue weighted by atomic mass is 10.0. The summed E-state index contributed by atoms with van der Waals surface area (Å²) in [6, 6.07) is 23.8. The zero-order valence-corrected chi connectivity index (χ0v) is 17.9. The Balaban J connectivity index is 1.58. The average molecular weight is 422 g/mol. The number of H-pyrrole nitrogens is 1. The van der Waals surface area contributed by atoms with E-state index >= 15 is 0 Å². The van der Waals surface area contributed by atoms with Crippen LogP contribution in [0.4, 0.5) is 0 Å². The summed E-state index contributed by atoms with van der Waals surface area (Å²) in [6.45, 7) is 0. The van der Waals surface area contributed by atoms with E-state index in [0.29, 0.717) is 12.2 Å². The van der Waals surface area contributed by atoms with Gasteiger partial charge in [0.15, 0.2) is 5.82 Å². The molecule has 2 heterocycles. The predicted molar refractivity (Wildman–Crippen MR) is 125 cm³/mol. The van der Waals surface area contributed by atoms with Gasteiger partial charge in [-0.15, -0.1) is 10.2 Å². The number of aromatic amines is 1. The molecule has 6 heteroatoms. The molecule has 0 fully saturated rings. The van der Waals surface area contributed by atoms with E-state index < -0.39 is 0 Å². The fourth-order valence-electron chi connectivity index (χ4n) is 3.78. The van der Waals surface area contributed by atoms with Gasteiger partial charge in [-0.25, -0.2) is 4.98 Å². The van der Waals surface area contributed by atoms with Crippen molar-refractivity contribution in [1.29, 1.82) is 0 Å². The molecule has 3 aromatic carbocycles. The second-order valence-electron chi connectivity index (χ2n) is 7.42. The first-order chi connectivity index (χ1) is 15.7. The van der Waals surface area contributed by atoms with E-state index in [1.54, 1.807) is 14.2 Å². The summed E-state index contributed by atoms with van der Waals surface area (Å²) in [5.74, 6) is 2.25. The van der Waals surface area contributed by atoms with Crippen molar-refractivity contribution in [2.45, 2.75) is 6.42 Å². The third-order valence-electron chi connectivity index (χ3n) is 5.48. The second-order valence-corrected chi connectivity index (χ2v) is 7.42. The van der Waals surface area contributed by atoms with Crippen molar-refractivity contribution < 1.29 is 9.47 Å². The van der Waals surface area contributed by atoms with E-state index in [0.717, 1.165) is 45.1 Å². The molecule has 32 heavy (non-hydrogen) atoms. The first-order valence-electron chi connectivity index (χ1n) is 10.3. The monoisotopic (exact) mass is 422 g/mol. The predicted octanol–water partition coefficient (Wildman–Crippen LogP) is 5.29. The molecule has 5 aromatic rings. The summed E-state index contributed by atoms with van der Waals surface area (Å²) in [4.78, 5) is 8.25. The summed E-state index contributed by atoms with van der Waals surface area (Å²) < 4.78 is 10.6. The van der Waals surface area contributed by atoms with Crippen LogP contribution < -0.4 is 9.47 Å². The maximum Gasteiger partial charge on any atom is 0.156 e. The van der Waals surface area contributed by atoms with Crippen molar-refractivity contribution in [2.75, 3.05) is 14.2 Å². The molecule has 0 bridgehead atoms. The van der Waals surface area contributed by atoms with Crippen LogP contribution in [0.15, 0.2) is 79.0 Å². The minimum Gasteiger partial charge on any atom is -0.497 e. The number of benzene rings is 3. The van der Waals surface area contributed by atoms with Crippen molar-refractivity contribution in [2.24, 2.45) is 0 Å². The number of nitrogens with one attached hydrogen (secondary N) is 1. The zero-order chi connectivity index (χ0) is 21.9. The van der Waals surface area contributed by atoms with E-state index in [-0.39, 0.29) is 0 Å². The van der Waals surface area contributed by atoms with Crippen molar-refractivity contribution in [3.63, 3.8) is 0 Å². The molecule has 0 amide bonds. The third kappa shape index (κ3) is 3.78. The maximum absolute atomic E-state index is 5.31. The van der Waals surface area contributed by atoms with Gasteiger partial charge in [0.2, 0.25) is 0 Å². The molecule has 0 saturated heterocycles. The van der Waals surface area contributed by atoms with Gasteiger partial charge >= 0.3 is 0 Å². The van der Waals surface area contributed by atoms with Crippen molar-refractivity contribution in [1.82, 2.24) is 20.2 Å². The molecule has 0 spiro atoms. The fourth-order valence-corrected chi connectivity index (χ4v) is 3.78. The molecule has 5 rings (SSSR count). The van der Waals surface area contributed by atoms with Crippen LogP contribution >= 0.6 is 0 Å². The Kier molecular flexibility index (Phi) is 5.25. The van der Waals surface area contributed by atoms with E-state index in [9.17, 15) is 0 Å². The van der Waals surface area contributed by atoms with Gasteiger partial charge in [0, 0.05) is 34.6 Å². The minimum atomic E-state index is 0.586. The van der Waals surface area contributed by atoms with E-state index in [1.165, 1.54) is 5.39 Å². The highest BCUT2D eigenvalue weighted by Gasteiger charge is 2.15. The number of aromatic nitrogens is 4. The number of rotatable bonds is 6. The fraction of sp³-hybridized carbons (Fsp3) is 0.115. The van der Waals surface area contributed by atoms with Crippen LogP contribution in [0.2, 0.25) is 0 Å². The topological polar surface area (TPSA) is 72.9 Å². The lowest BCUT2D eigenvalue weighted by Gasteiger charge is -2.11. The van der Waals surface area contributed by atoms with Gasteiger partial charge in [0.05, 0.1) is 14.2 Å². The first-order valence-corrected chi connectivity index (χ1v) is 10.3. The van der Waals surface area contributed by atoms with Crippen LogP contribution in [-0.2, 0) is 6.42 Å². The van der Waals surface area contributed by atoms with E-state index in [4.69, 9.17) is 14.5 Å². The number of fused-ring (bicyclic) bond motifs is 1. The SMILES string of the molecule is COc1ccc(-c2nnc(Cc3c[nH]c4ccccc34)nc2-c2ccc(OC)cc2)cc1. The van der Waals surface area contributed by atoms with Crippen LogP contribution in [0.1, 0.15) is 11.4 Å². The van der Waals surface area contributed by atoms with E-state index in [1.807, 2.05) is 66.9 Å². The standard InChI is InChI=1S/C26H22N4O2/c1-31-20-11-7-17(8-12-20)25-26(18-9-13-21(32-2)14-10-18)30-29-24(28-25)15-19-16-27-23-6-4-3-5-22(19)23/h3-14,16,27H,15H2,1-2H3. The van der Waals surface area contributed by atoms with Crippen LogP contribution in [0.3, 0.4) is 0 Å². The van der Waals surface area contributed by atoms with Gasteiger partial charge in [-0.1, -0.05) is 18.2 Å². The summed E-state index contributed by atoms with van der Waals surface area (Å²) in [7, 11) is 3.31. The van der Waals surface area contributed by atoms with Crippen LogP contribution in [0.25, 0.3) is 33.4 Å². The lowest BCUT2D eigenvalue weighted by molar-refractivity contribution is 0.414. The van der Waals surface area contributed by atoms with Crippen molar-refractivity contribution in [3.05, 3.63) is 90.4 Å². The van der Waals surface area contributed by atoms with Crippen LogP contribution in [0, 0.1) is 0 Å². The van der Waals surface area contributed by atoms with Gasteiger partial charge in [-0.2, -0.15) is 0 Å². The molecule has 0 unspecified atom stereocenters. The molecular formula is C26H22N4O2. The smallest absolute Gasteiger partial charge is 0.156 e. The molecule has 0 aliphatic heterocycles. The van der Waals surface area contributed by atoms with Gasteiger partial charge in [-0.3, -0.25) is 0 Å². The third-order valence-corrected chi connectivity index (χ3v) is 5.48. The molecule has 0 saturated carbocycles. The van der Waals surface area contributed by atoms with Crippen molar-refractivity contribution in [3.8, 4) is 34.0 Å². The van der Waals surface area contributed by atoms with Gasteiger partial charge in [0.1, 0.15) is 22.9 Å². The van der Waals surface area contributed by atoms with Gasteiger partial charge in [0.25, 0.3) is 0 Å². The molecule has 0 aliphatic rings. The number of ether oxygens (including phenoxy) is 2. The quantitative estimate of drug-likeness (QED) is 0.402. The Morgan fingerprint density at radius 2 is 1.34 bits per heavy atom. The number of hydrogen-bond acceptors (Lipinski definition) is 5. The minimum absolute atomic E-state index is 0.586. The molecule has 158 valence electrons. The average Bonchev–Trinajstić information content (AvgIpc) is 3.27. The Morgan fingerprint density at radius 1 is 0.719 bits per heavy atom. The Hall–Kier alpha value is -4.19. The second kappa shape index (κ2) is 8.51. The molecule has 0 aliphatic carbocycles. The summed E-state index contributed by atoms with van der Waals surface area (Å²) >= 11 is 0. The highest BCUT2D eigenvalue weighted by molar-refractivity contribution is 5.83. The molecular weight excluding hydrogens is 400 g/mol. The van der Waals surface area contributed by atoms with Crippen LogP contribution in [-0.4, -0.2) is 34.4 Å².